The summed E-state index contributed by atoms with van der Waals surface area (Å²) >= 11 is 0. The van der Waals surface area contributed by atoms with Gasteiger partial charge in [-0.3, -0.25) is 4.90 Å². The van der Waals surface area contributed by atoms with E-state index in [1.165, 1.54) is 12.8 Å². The minimum atomic E-state index is -0.0442. The first kappa shape index (κ1) is 13.2. The number of hydrogen-bond acceptors (Lipinski definition) is 3. The fourth-order valence-electron chi connectivity index (χ4n) is 2.70. The SMILES string of the molecule is CC(C)C1CCN(Cc2ccc(O)c(O)c2)CC1. The molecule has 0 aliphatic carbocycles. The average Bonchev–Trinajstić information content (AvgIpc) is 2.34. The normalized spacial score (nSPS) is 18.4. The molecule has 1 aliphatic heterocycles. The Bertz CT molecular complexity index is 395. The summed E-state index contributed by atoms with van der Waals surface area (Å²) in [6.45, 7) is 7.73. The van der Waals surface area contributed by atoms with Crippen molar-refractivity contribution in [3.8, 4) is 11.5 Å². The molecule has 0 spiro atoms. The second kappa shape index (κ2) is 5.61. The van der Waals surface area contributed by atoms with Gasteiger partial charge in [-0.15, -0.1) is 0 Å². The number of aromatic hydroxyl groups is 2. The number of benzene rings is 1. The van der Waals surface area contributed by atoms with Crippen LogP contribution in [-0.4, -0.2) is 28.2 Å². The second-order valence-corrected chi connectivity index (χ2v) is 5.68. The van der Waals surface area contributed by atoms with Crippen molar-refractivity contribution in [1.29, 1.82) is 0 Å². The van der Waals surface area contributed by atoms with E-state index >= 15 is 0 Å². The highest BCUT2D eigenvalue weighted by Gasteiger charge is 2.21. The topological polar surface area (TPSA) is 43.7 Å². The Hall–Kier alpha value is -1.22. The molecular formula is C15H23NO2. The maximum atomic E-state index is 9.48. The first-order chi connectivity index (χ1) is 8.56. The fraction of sp³-hybridized carbons (Fsp3) is 0.600. The predicted octanol–water partition coefficient (Wildman–Crippen LogP) is 2.97. The van der Waals surface area contributed by atoms with Crippen LogP contribution in [0.3, 0.4) is 0 Å². The summed E-state index contributed by atoms with van der Waals surface area (Å²) in [4.78, 5) is 2.42. The minimum absolute atomic E-state index is 0.0235. The van der Waals surface area contributed by atoms with Gasteiger partial charge < -0.3 is 10.2 Å². The van der Waals surface area contributed by atoms with Gasteiger partial charge in [-0.2, -0.15) is 0 Å². The van der Waals surface area contributed by atoms with Crippen LogP contribution in [-0.2, 0) is 6.54 Å². The molecule has 0 unspecified atom stereocenters. The molecule has 3 nitrogen and oxygen atoms in total. The van der Waals surface area contributed by atoms with E-state index in [1.807, 2.05) is 6.07 Å². The first-order valence-corrected chi connectivity index (χ1v) is 6.79. The largest absolute Gasteiger partial charge is 0.504 e. The summed E-state index contributed by atoms with van der Waals surface area (Å²) in [6.07, 6.45) is 2.53. The van der Waals surface area contributed by atoms with Gasteiger partial charge >= 0.3 is 0 Å². The molecule has 3 heteroatoms. The molecule has 1 aromatic rings. The van der Waals surface area contributed by atoms with Crippen LogP contribution in [0.15, 0.2) is 18.2 Å². The monoisotopic (exact) mass is 249 g/mol. The van der Waals surface area contributed by atoms with Gasteiger partial charge in [0.05, 0.1) is 0 Å². The third-order valence-electron chi connectivity index (χ3n) is 4.02. The number of piperidine rings is 1. The first-order valence-electron chi connectivity index (χ1n) is 6.79. The number of likely N-dealkylation sites (tertiary alicyclic amines) is 1. The molecule has 0 amide bonds. The lowest BCUT2D eigenvalue weighted by atomic mass is 9.86. The van der Waals surface area contributed by atoms with E-state index < -0.39 is 0 Å². The lowest BCUT2D eigenvalue weighted by Crippen LogP contribution is -2.34. The Morgan fingerprint density at radius 2 is 1.83 bits per heavy atom. The van der Waals surface area contributed by atoms with Crippen LogP contribution >= 0.6 is 0 Å². The van der Waals surface area contributed by atoms with Crippen LogP contribution in [0.2, 0.25) is 0 Å². The predicted molar refractivity (Wildman–Crippen MR) is 72.6 cm³/mol. The molecule has 18 heavy (non-hydrogen) atoms. The Kier molecular flexibility index (Phi) is 4.12. The highest BCUT2D eigenvalue weighted by molar-refractivity contribution is 5.40. The fourth-order valence-corrected chi connectivity index (χ4v) is 2.70. The summed E-state index contributed by atoms with van der Waals surface area (Å²) in [5, 5.41) is 18.8. The molecule has 1 saturated heterocycles. The molecule has 1 aliphatic rings. The Balaban J connectivity index is 1.89. The zero-order valence-corrected chi connectivity index (χ0v) is 11.3. The number of hydrogen-bond donors (Lipinski definition) is 2. The van der Waals surface area contributed by atoms with E-state index in [2.05, 4.69) is 18.7 Å². The molecule has 0 saturated carbocycles. The van der Waals surface area contributed by atoms with E-state index in [4.69, 9.17) is 0 Å². The summed E-state index contributed by atoms with van der Waals surface area (Å²) in [7, 11) is 0. The lowest BCUT2D eigenvalue weighted by Gasteiger charge is -2.33. The van der Waals surface area contributed by atoms with Crippen molar-refractivity contribution >= 4 is 0 Å². The summed E-state index contributed by atoms with van der Waals surface area (Å²) in [6, 6.07) is 5.10. The van der Waals surface area contributed by atoms with Gasteiger partial charge in [0.1, 0.15) is 0 Å². The van der Waals surface area contributed by atoms with E-state index in [0.29, 0.717) is 0 Å². The van der Waals surface area contributed by atoms with E-state index in [1.54, 1.807) is 12.1 Å². The highest BCUT2D eigenvalue weighted by Crippen LogP contribution is 2.28. The van der Waals surface area contributed by atoms with Crippen LogP contribution in [0.1, 0.15) is 32.3 Å². The molecule has 1 aromatic carbocycles. The van der Waals surface area contributed by atoms with E-state index in [0.717, 1.165) is 37.0 Å². The third-order valence-corrected chi connectivity index (χ3v) is 4.02. The number of rotatable bonds is 3. The van der Waals surface area contributed by atoms with Crippen molar-refractivity contribution in [2.75, 3.05) is 13.1 Å². The minimum Gasteiger partial charge on any atom is -0.504 e. The van der Waals surface area contributed by atoms with Gasteiger partial charge in [0, 0.05) is 6.54 Å². The van der Waals surface area contributed by atoms with Gasteiger partial charge in [0.15, 0.2) is 11.5 Å². The van der Waals surface area contributed by atoms with Gasteiger partial charge in [0.2, 0.25) is 0 Å². The Morgan fingerprint density at radius 1 is 1.17 bits per heavy atom. The molecular weight excluding hydrogens is 226 g/mol. The second-order valence-electron chi connectivity index (χ2n) is 5.68. The standard InChI is InChI=1S/C15H23NO2/c1-11(2)13-5-7-16(8-6-13)10-12-3-4-14(17)15(18)9-12/h3-4,9,11,13,17-18H,5-8,10H2,1-2H3. The third kappa shape index (κ3) is 3.16. The average molecular weight is 249 g/mol. The molecule has 100 valence electrons. The molecule has 0 bridgehead atoms. The highest BCUT2D eigenvalue weighted by atomic mass is 16.3. The van der Waals surface area contributed by atoms with Gasteiger partial charge in [0.25, 0.3) is 0 Å². The van der Waals surface area contributed by atoms with Crippen LogP contribution in [0.25, 0.3) is 0 Å². The summed E-state index contributed by atoms with van der Waals surface area (Å²) in [5.41, 5.74) is 1.06. The van der Waals surface area contributed by atoms with Crippen LogP contribution in [0.4, 0.5) is 0 Å². The molecule has 2 N–H and O–H groups in total. The van der Waals surface area contributed by atoms with E-state index in [9.17, 15) is 10.2 Å². The number of nitrogens with zero attached hydrogens (tertiary/aromatic N) is 1. The van der Waals surface area contributed by atoms with Crippen molar-refractivity contribution in [1.82, 2.24) is 4.90 Å². The maximum absolute atomic E-state index is 9.48. The molecule has 1 fully saturated rings. The smallest absolute Gasteiger partial charge is 0.157 e. The Labute approximate surface area is 109 Å². The Morgan fingerprint density at radius 3 is 2.39 bits per heavy atom. The van der Waals surface area contributed by atoms with Gasteiger partial charge in [-0.1, -0.05) is 19.9 Å². The summed E-state index contributed by atoms with van der Waals surface area (Å²) < 4.78 is 0. The van der Waals surface area contributed by atoms with Crippen LogP contribution in [0.5, 0.6) is 11.5 Å². The van der Waals surface area contributed by atoms with E-state index in [-0.39, 0.29) is 11.5 Å². The van der Waals surface area contributed by atoms with Crippen molar-refractivity contribution in [2.45, 2.75) is 33.2 Å². The maximum Gasteiger partial charge on any atom is 0.157 e. The summed E-state index contributed by atoms with van der Waals surface area (Å²) in [5.74, 6) is 1.57. The van der Waals surface area contributed by atoms with Crippen LogP contribution < -0.4 is 0 Å². The molecule has 0 atom stereocenters. The zero-order chi connectivity index (χ0) is 13.1. The van der Waals surface area contributed by atoms with Crippen LogP contribution in [0, 0.1) is 11.8 Å². The number of phenolic OH excluding ortho intramolecular Hbond substituents is 2. The van der Waals surface area contributed by atoms with Gasteiger partial charge in [-0.05, 0) is 55.5 Å². The molecule has 2 rings (SSSR count). The van der Waals surface area contributed by atoms with Crippen molar-refractivity contribution in [3.63, 3.8) is 0 Å². The lowest BCUT2D eigenvalue weighted by molar-refractivity contribution is 0.152. The molecule has 0 radical (unpaired) electrons. The number of phenols is 2. The van der Waals surface area contributed by atoms with Crippen molar-refractivity contribution in [3.05, 3.63) is 23.8 Å². The molecule has 0 aromatic heterocycles. The zero-order valence-electron chi connectivity index (χ0n) is 11.3. The molecule has 1 heterocycles. The van der Waals surface area contributed by atoms with Gasteiger partial charge in [-0.25, -0.2) is 0 Å². The quantitative estimate of drug-likeness (QED) is 0.809. The van der Waals surface area contributed by atoms with Crippen molar-refractivity contribution in [2.24, 2.45) is 11.8 Å². The van der Waals surface area contributed by atoms with Crippen molar-refractivity contribution < 1.29 is 10.2 Å².